The molecule has 2 aromatic rings. The Balaban J connectivity index is 1.41. The van der Waals surface area contributed by atoms with Gasteiger partial charge in [-0.1, -0.05) is 6.42 Å². The summed E-state index contributed by atoms with van der Waals surface area (Å²) >= 11 is 0. The summed E-state index contributed by atoms with van der Waals surface area (Å²) in [5, 5.41) is 0. The third kappa shape index (κ3) is 4.27. The number of hydrogen-bond acceptors (Lipinski definition) is 8. The third-order valence-electron chi connectivity index (χ3n) is 6.34. The first kappa shape index (κ1) is 20.3. The Labute approximate surface area is 179 Å². The van der Waals surface area contributed by atoms with Gasteiger partial charge in [-0.2, -0.15) is 8.78 Å². The second-order valence-corrected chi connectivity index (χ2v) is 8.29. The molecule has 1 saturated carbocycles. The van der Waals surface area contributed by atoms with E-state index in [1.54, 1.807) is 0 Å². The van der Waals surface area contributed by atoms with Crippen molar-refractivity contribution in [3.8, 4) is 17.0 Å². The van der Waals surface area contributed by atoms with Crippen molar-refractivity contribution >= 4 is 11.6 Å². The molecule has 5 rings (SSSR count). The van der Waals surface area contributed by atoms with Crippen LogP contribution in [0.4, 0.5) is 20.4 Å². The second kappa shape index (κ2) is 8.51. The Morgan fingerprint density at radius 2 is 1.90 bits per heavy atom. The van der Waals surface area contributed by atoms with Crippen LogP contribution in [0.3, 0.4) is 0 Å². The molecule has 2 saturated heterocycles. The molecule has 2 aliphatic heterocycles. The largest absolute Gasteiger partial charge is 0.431 e. The van der Waals surface area contributed by atoms with E-state index in [1.807, 2.05) is 6.07 Å². The highest BCUT2D eigenvalue weighted by molar-refractivity contribution is 5.67. The van der Waals surface area contributed by atoms with Crippen LogP contribution in [0, 0.1) is 0 Å². The van der Waals surface area contributed by atoms with Crippen molar-refractivity contribution in [3.05, 3.63) is 24.2 Å². The fourth-order valence-corrected chi connectivity index (χ4v) is 4.21. The molecule has 2 aromatic heterocycles. The van der Waals surface area contributed by atoms with Crippen molar-refractivity contribution in [1.29, 1.82) is 0 Å². The van der Waals surface area contributed by atoms with Crippen molar-refractivity contribution in [2.24, 2.45) is 0 Å². The van der Waals surface area contributed by atoms with E-state index in [9.17, 15) is 8.78 Å². The first-order valence-electron chi connectivity index (χ1n) is 10.7. The van der Waals surface area contributed by atoms with Crippen LogP contribution in [0.25, 0.3) is 11.3 Å². The van der Waals surface area contributed by atoms with Crippen molar-refractivity contribution in [1.82, 2.24) is 19.9 Å². The predicted molar refractivity (Wildman–Crippen MR) is 111 cm³/mol. The Morgan fingerprint density at radius 1 is 1.13 bits per heavy atom. The SMILES string of the molecule is Nc1ncc(-c2cc(N3CC(N4CCOCC4)C3)nc(C3CCC3)n2)cc1OC(F)F. The maximum atomic E-state index is 12.7. The highest BCUT2D eigenvalue weighted by Gasteiger charge is 2.34. The maximum Gasteiger partial charge on any atom is 0.387 e. The van der Waals surface area contributed by atoms with E-state index in [-0.39, 0.29) is 11.6 Å². The van der Waals surface area contributed by atoms with Gasteiger partial charge in [0, 0.05) is 56.0 Å². The maximum absolute atomic E-state index is 12.7. The van der Waals surface area contributed by atoms with Gasteiger partial charge in [0.1, 0.15) is 11.6 Å². The smallest absolute Gasteiger partial charge is 0.387 e. The summed E-state index contributed by atoms with van der Waals surface area (Å²) < 4.78 is 35.4. The molecule has 0 atom stereocenters. The summed E-state index contributed by atoms with van der Waals surface area (Å²) in [7, 11) is 0. The van der Waals surface area contributed by atoms with E-state index in [0.717, 1.165) is 63.9 Å². The lowest BCUT2D eigenvalue weighted by atomic mass is 9.84. The van der Waals surface area contributed by atoms with E-state index in [0.29, 0.717) is 23.2 Å². The number of aromatic nitrogens is 3. The van der Waals surface area contributed by atoms with Crippen LogP contribution in [-0.2, 0) is 4.74 Å². The van der Waals surface area contributed by atoms with Crippen LogP contribution in [0.1, 0.15) is 31.0 Å². The molecule has 0 unspecified atom stereocenters. The van der Waals surface area contributed by atoms with Crippen LogP contribution in [0.2, 0.25) is 0 Å². The molecule has 0 radical (unpaired) electrons. The minimum Gasteiger partial charge on any atom is -0.431 e. The lowest BCUT2D eigenvalue weighted by Crippen LogP contribution is -2.61. The van der Waals surface area contributed by atoms with Crippen molar-refractivity contribution in [2.75, 3.05) is 50.0 Å². The average Bonchev–Trinajstić information content (AvgIpc) is 2.68. The van der Waals surface area contributed by atoms with Crippen LogP contribution in [0.5, 0.6) is 5.75 Å². The number of nitrogens with two attached hydrogens (primary N) is 1. The summed E-state index contributed by atoms with van der Waals surface area (Å²) in [4.78, 5) is 18.3. The number of nitrogen functional groups attached to an aromatic ring is 1. The minimum atomic E-state index is -2.97. The van der Waals surface area contributed by atoms with Crippen molar-refractivity contribution in [2.45, 2.75) is 37.8 Å². The van der Waals surface area contributed by atoms with Gasteiger partial charge in [0.25, 0.3) is 0 Å². The molecular weight excluding hydrogens is 406 g/mol. The summed E-state index contributed by atoms with van der Waals surface area (Å²) in [5.41, 5.74) is 6.92. The molecule has 3 fully saturated rings. The van der Waals surface area contributed by atoms with E-state index in [2.05, 4.69) is 19.5 Å². The van der Waals surface area contributed by atoms with E-state index in [1.165, 1.54) is 18.7 Å². The normalized spacial score (nSPS) is 20.5. The Kier molecular flexibility index (Phi) is 5.58. The van der Waals surface area contributed by atoms with E-state index in [4.69, 9.17) is 20.4 Å². The van der Waals surface area contributed by atoms with Crippen LogP contribution >= 0.6 is 0 Å². The lowest BCUT2D eigenvalue weighted by Gasteiger charge is -2.47. The van der Waals surface area contributed by atoms with E-state index >= 15 is 0 Å². The zero-order valence-electron chi connectivity index (χ0n) is 17.2. The van der Waals surface area contributed by atoms with E-state index < -0.39 is 6.61 Å². The molecular formula is C21H26F2N6O2. The Bertz CT molecular complexity index is 930. The zero-order chi connectivity index (χ0) is 21.4. The van der Waals surface area contributed by atoms with Gasteiger partial charge >= 0.3 is 6.61 Å². The standard InChI is InChI=1S/C21H26F2N6O2/c22-21(23)31-17-8-14(10-25-19(17)24)16-9-18(27-20(26-16)13-2-1-3-13)29-11-15(12-29)28-4-6-30-7-5-28/h8-10,13,15,21H,1-7,11-12H2,(H2,24,25). The number of morpholine rings is 1. The van der Waals surface area contributed by atoms with Gasteiger partial charge in [0.05, 0.1) is 18.9 Å². The Hall–Kier alpha value is -2.59. The van der Waals surface area contributed by atoms with Gasteiger partial charge < -0.3 is 20.1 Å². The molecule has 31 heavy (non-hydrogen) atoms. The van der Waals surface area contributed by atoms with Crippen molar-refractivity contribution in [3.63, 3.8) is 0 Å². The van der Waals surface area contributed by atoms with Gasteiger partial charge in [-0.05, 0) is 18.9 Å². The topological polar surface area (TPSA) is 89.6 Å². The third-order valence-corrected chi connectivity index (χ3v) is 6.34. The quantitative estimate of drug-likeness (QED) is 0.745. The first-order chi connectivity index (χ1) is 15.1. The summed E-state index contributed by atoms with van der Waals surface area (Å²) in [5.74, 6) is 1.79. The molecule has 2 N–H and O–H groups in total. The van der Waals surface area contributed by atoms with Crippen molar-refractivity contribution < 1.29 is 18.3 Å². The van der Waals surface area contributed by atoms with Gasteiger partial charge in [-0.15, -0.1) is 0 Å². The molecule has 0 amide bonds. The molecule has 10 heteroatoms. The van der Waals surface area contributed by atoms with Crippen LogP contribution in [0.15, 0.2) is 18.3 Å². The number of halogens is 2. The van der Waals surface area contributed by atoms with Crippen LogP contribution in [-0.4, -0.2) is 71.9 Å². The van der Waals surface area contributed by atoms with Gasteiger partial charge in [0.15, 0.2) is 11.6 Å². The number of rotatable bonds is 6. The highest BCUT2D eigenvalue weighted by atomic mass is 19.3. The lowest BCUT2D eigenvalue weighted by molar-refractivity contribution is -0.0494. The fraction of sp³-hybridized carbons (Fsp3) is 0.571. The summed E-state index contributed by atoms with van der Waals surface area (Å²) in [6.45, 7) is 2.33. The number of ether oxygens (including phenoxy) is 2. The average molecular weight is 432 g/mol. The summed E-state index contributed by atoms with van der Waals surface area (Å²) in [6, 6.07) is 3.87. The number of alkyl halides is 2. The number of nitrogens with zero attached hydrogens (tertiary/aromatic N) is 5. The minimum absolute atomic E-state index is 0.0753. The molecule has 4 heterocycles. The molecule has 8 nitrogen and oxygen atoms in total. The van der Waals surface area contributed by atoms with Gasteiger partial charge in [-0.25, -0.2) is 15.0 Å². The highest BCUT2D eigenvalue weighted by Crippen LogP contribution is 2.37. The number of pyridine rings is 1. The molecule has 3 aliphatic rings. The van der Waals surface area contributed by atoms with Gasteiger partial charge in [-0.3, -0.25) is 4.90 Å². The molecule has 0 bridgehead atoms. The number of anilines is 2. The Morgan fingerprint density at radius 3 is 2.58 bits per heavy atom. The monoisotopic (exact) mass is 432 g/mol. The number of hydrogen-bond donors (Lipinski definition) is 1. The zero-order valence-corrected chi connectivity index (χ0v) is 17.2. The fourth-order valence-electron chi connectivity index (χ4n) is 4.21. The molecule has 0 aromatic carbocycles. The summed E-state index contributed by atoms with van der Waals surface area (Å²) in [6.07, 6.45) is 4.85. The van der Waals surface area contributed by atoms with Gasteiger partial charge in [0.2, 0.25) is 0 Å². The second-order valence-electron chi connectivity index (χ2n) is 8.29. The predicted octanol–water partition coefficient (Wildman–Crippen LogP) is 2.51. The first-order valence-corrected chi connectivity index (χ1v) is 10.7. The molecule has 1 aliphatic carbocycles. The molecule has 0 spiro atoms. The molecule has 166 valence electrons. The van der Waals surface area contributed by atoms with Crippen LogP contribution < -0.4 is 15.4 Å².